The lowest BCUT2D eigenvalue weighted by Crippen LogP contribution is -2.46. The van der Waals surface area contributed by atoms with Gasteiger partial charge in [-0.1, -0.05) is 11.6 Å². The maximum atomic E-state index is 12.9. The second-order valence-electron chi connectivity index (χ2n) is 7.77. The first-order valence-electron chi connectivity index (χ1n) is 10.3. The molecule has 0 aliphatic carbocycles. The summed E-state index contributed by atoms with van der Waals surface area (Å²) >= 11 is 6.16. The summed E-state index contributed by atoms with van der Waals surface area (Å²) in [5.74, 6) is -0.218. The molecule has 1 aromatic carbocycles. The van der Waals surface area contributed by atoms with Crippen LogP contribution < -0.4 is 5.32 Å². The van der Waals surface area contributed by atoms with Crippen LogP contribution in [-0.4, -0.2) is 61.7 Å². The molecule has 2 aromatic rings. The Morgan fingerprint density at radius 1 is 1.06 bits per heavy atom. The number of piperidine rings is 1. The van der Waals surface area contributed by atoms with Crippen molar-refractivity contribution in [1.29, 1.82) is 0 Å². The van der Waals surface area contributed by atoms with E-state index in [0.29, 0.717) is 44.8 Å². The largest absolute Gasteiger partial charge is 0.459 e. The second kappa shape index (κ2) is 9.02. The fourth-order valence-corrected chi connectivity index (χ4v) is 5.98. The molecule has 1 aromatic heterocycles. The first-order valence-corrected chi connectivity index (χ1v) is 12.1. The summed E-state index contributed by atoms with van der Waals surface area (Å²) in [4.78, 5) is 26.8. The van der Waals surface area contributed by atoms with E-state index in [0.717, 1.165) is 12.8 Å². The number of benzene rings is 1. The predicted octanol–water partition coefficient (Wildman–Crippen LogP) is 2.75. The van der Waals surface area contributed by atoms with Gasteiger partial charge in [0.25, 0.3) is 11.8 Å². The van der Waals surface area contributed by atoms with Crippen LogP contribution in [-0.2, 0) is 10.0 Å². The topological polar surface area (TPSA) is 99.9 Å². The Hall–Kier alpha value is -2.36. The lowest BCUT2D eigenvalue weighted by Gasteiger charge is -2.32. The lowest BCUT2D eigenvalue weighted by molar-refractivity contribution is 0.0667. The van der Waals surface area contributed by atoms with E-state index < -0.39 is 10.0 Å². The summed E-state index contributed by atoms with van der Waals surface area (Å²) in [7, 11) is -3.73. The van der Waals surface area contributed by atoms with Gasteiger partial charge in [-0.25, -0.2) is 8.42 Å². The summed E-state index contributed by atoms with van der Waals surface area (Å²) in [6, 6.07) is 7.51. The average Bonchev–Trinajstić information content (AvgIpc) is 3.48. The Kier molecular flexibility index (Phi) is 6.36. The van der Waals surface area contributed by atoms with E-state index in [-0.39, 0.29) is 33.3 Å². The molecule has 0 unspecified atom stereocenters. The molecule has 4 rings (SSSR count). The second-order valence-corrected chi connectivity index (χ2v) is 10.1. The Bertz CT molecular complexity index is 1060. The van der Waals surface area contributed by atoms with E-state index in [2.05, 4.69) is 5.32 Å². The summed E-state index contributed by atoms with van der Waals surface area (Å²) in [6.45, 7) is 1.92. The number of carbonyl (C=O) groups excluding carboxylic acids is 2. The highest BCUT2D eigenvalue weighted by atomic mass is 35.5. The van der Waals surface area contributed by atoms with E-state index in [4.69, 9.17) is 16.0 Å². The van der Waals surface area contributed by atoms with E-state index in [1.807, 2.05) is 0 Å². The van der Waals surface area contributed by atoms with Crippen LogP contribution in [0.4, 0.5) is 0 Å². The standard InChI is InChI=1S/C21H24ClN3O5S/c22-17-6-5-15(14-19(17)31(28,29)25-9-1-2-10-25)20(26)23-16-7-11-24(12-8-16)21(27)18-4-3-13-30-18/h3-6,13-14,16H,1-2,7-12H2,(H,23,26). The van der Waals surface area contributed by atoms with E-state index in [1.165, 1.54) is 28.8 Å². The number of carbonyl (C=O) groups is 2. The zero-order chi connectivity index (χ0) is 22.0. The third-order valence-corrected chi connectivity index (χ3v) is 8.11. The van der Waals surface area contributed by atoms with Crippen LogP contribution in [0.3, 0.4) is 0 Å². The number of amides is 2. The molecular weight excluding hydrogens is 442 g/mol. The average molecular weight is 466 g/mol. The van der Waals surface area contributed by atoms with Crippen LogP contribution in [0.5, 0.6) is 0 Å². The fourth-order valence-electron chi connectivity index (χ4n) is 3.96. The molecule has 2 aliphatic rings. The third kappa shape index (κ3) is 4.63. The maximum absolute atomic E-state index is 12.9. The van der Waals surface area contributed by atoms with Crippen molar-refractivity contribution in [3.8, 4) is 0 Å². The predicted molar refractivity (Wildman–Crippen MR) is 115 cm³/mol. The number of nitrogens with one attached hydrogen (secondary N) is 1. The van der Waals surface area contributed by atoms with Crippen LogP contribution >= 0.6 is 11.6 Å². The van der Waals surface area contributed by atoms with Crippen LogP contribution in [0.25, 0.3) is 0 Å². The molecule has 10 heteroatoms. The normalized spacial score (nSPS) is 18.3. The summed E-state index contributed by atoms with van der Waals surface area (Å²) in [6.07, 6.45) is 4.30. The number of sulfonamides is 1. The number of nitrogens with zero attached hydrogens (tertiary/aromatic N) is 2. The van der Waals surface area contributed by atoms with Crippen molar-refractivity contribution in [3.63, 3.8) is 0 Å². The van der Waals surface area contributed by atoms with Gasteiger partial charge < -0.3 is 14.6 Å². The molecule has 2 fully saturated rings. The molecule has 2 amide bonds. The molecule has 0 bridgehead atoms. The first-order chi connectivity index (χ1) is 14.9. The summed E-state index contributed by atoms with van der Waals surface area (Å²) in [5.41, 5.74) is 0.247. The van der Waals surface area contributed by atoms with Gasteiger partial charge in [0.2, 0.25) is 10.0 Å². The molecule has 0 spiro atoms. The Labute approximate surface area is 186 Å². The van der Waals surface area contributed by atoms with Crippen molar-refractivity contribution in [1.82, 2.24) is 14.5 Å². The van der Waals surface area contributed by atoms with Crippen LogP contribution in [0.15, 0.2) is 45.9 Å². The molecule has 8 nitrogen and oxygen atoms in total. The molecule has 31 heavy (non-hydrogen) atoms. The minimum absolute atomic E-state index is 0.0393. The number of furan rings is 1. The maximum Gasteiger partial charge on any atom is 0.289 e. The quantitative estimate of drug-likeness (QED) is 0.731. The minimum Gasteiger partial charge on any atom is -0.459 e. The van der Waals surface area contributed by atoms with Crippen LogP contribution in [0.1, 0.15) is 46.6 Å². The molecule has 0 atom stereocenters. The molecular formula is C21H24ClN3O5S. The van der Waals surface area contributed by atoms with Crippen molar-refractivity contribution >= 4 is 33.4 Å². The van der Waals surface area contributed by atoms with Gasteiger partial charge in [0.1, 0.15) is 4.90 Å². The zero-order valence-corrected chi connectivity index (χ0v) is 18.5. The van der Waals surface area contributed by atoms with Crippen molar-refractivity contribution in [2.24, 2.45) is 0 Å². The number of rotatable bonds is 5. The molecule has 3 heterocycles. The first kappa shape index (κ1) is 21.9. The lowest BCUT2D eigenvalue weighted by atomic mass is 10.0. The van der Waals surface area contributed by atoms with E-state index in [1.54, 1.807) is 17.0 Å². The van der Waals surface area contributed by atoms with Gasteiger partial charge in [-0.3, -0.25) is 9.59 Å². The molecule has 166 valence electrons. The van der Waals surface area contributed by atoms with Crippen molar-refractivity contribution in [2.75, 3.05) is 26.2 Å². The summed E-state index contributed by atoms with van der Waals surface area (Å²) < 4.78 is 32.3. The molecule has 0 radical (unpaired) electrons. The van der Waals surface area contributed by atoms with E-state index >= 15 is 0 Å². The SMILES string of the molecule is O=C(NC1CCN(C(=O)c2ccco2)CC1)c1ccc(Cl)c(S(=O)(=O)N2CCCC2)c1. The highest BCUT2D eigenvalue weighted by Crippen LogP contribution is 2.28. The number of hydrogen-bond donors (Lipinski definition) is 1. The summed E-state index contributed by atoms with van der Waals surface area (Å²) in [5, 5.41) is 3.05. The monoisotopic (exact) mass is 465 g/mol. The van der Waals surface area contributed by atoms with Gasteiger partial charge >= 0.3 is 0 Å². The smallest absolute Gasteiger partial charge is 0.289 e. The minimum atomic E-state index is -3.73. The molecule has 2 saturated heterocycles. The number of hydrogen-bond acceptors (Lipinski definition) is 5. The highest BCUT2D eigenvalue weighted by molar-refractivity contribution is 7.89. The molecule has 2 aliphatic heterocycles. The van der Waals surface area contributed by atoms with Crippen molar-refractivity contribution in [3.05, 3.63) is 52.9 Å². The number of halogens is 1. The van der Waals surface area contributed by atoms with Crippen molar-refractivity contribution in [2.45, 2.75) is 36.6 Å². The van der Waals surface area contributed by atoms with E-state index in [9.17, 15) is 18.0 Å². The zero-order valence-electron chi connectivity index (χ0n) is 16.9. The molecule has 1 N–H and O–H groups in total. The van der Waals surface area contributed by atoms with Gasteiger partial charge in [-0.15, -0.1) is 0 Å². The van der Waals surface area contributed by atoms with Gasteiger partial charge in [0, 0.05) is 37.8 Å². The fraction of sp³-hybridized carbons (Fsp3) is 0.429. The highest BCUT2D eigenvalue weighted by Gasteiger charge is 2.30. The van der Waals surface area contributed by atoms with Crippen molar-refractivity contribution < 1.29 is 22.4 Å². The Balaban J connectivity index is 1.40. The number of likely N-dealkylation sites (tertiary alicyclic amines) is 1. The Morgan fingerprint density at radius 3 is 2.42 bits per heavy atom. The Morgan fingerprint density at radius 2 is 1.77 bits per heavy atom. The third-order valence-electron chi connectivity index (χ3n) is 5.73. The molecule has 0 saturated carbocycles. The van der Waals surface area contributed by atoms with Crippen LogP contribution in [0, 0.1) is 0 Å². The van der Waals surface area contributed by atoms with Crippen LogP contribution in [0.2, 0.25) is 5.02 Å². The van der Waals surface area contributed by atoms with Gasteiger partial charge in [0.15, 0.2) is 5.76 Å². The van der Waals surface area contributed by atoms with Gasteiger partial charge in [0.05, 0.1) is 11.3 Å². The van der Waals surface area contributed by atoms with Gasteiger partial charge in [-0.05, 0) is 56.0 Å². The van der Waals surface area contributed by atoms with Gasteiger partial charge in [-0.2, -0.15) is 4.31 Å².